The molecule has 0 aromatic heterocycles. The normalized spacial score (nSPS) is 10.8. The highest BCUT2D eigenvalue weighted by atomic mass is 127. The highest BCUT2D eigenvalue weighted by Gasteiger charge is 2.04. The van der Waals surface area contributed by atoms with E-state index in [2.05, 4.69) is 41.6 Å². The molecular formula is C17H14ClIO2. The molecule has 0 fully saturated rings. The summed E-state index contributed by atoms with van der Waals surface area (Å²) in [4.78, 5) is 10.7. The van der Waals surface area contributed by atoms with E-state index in [9.17, 15) is 4.79 Å². The molecular weight excluding hydrogens is 399 g/mol. The highest BCUT2D eigenvalue weighted by molar-refractivity contribution is 14.1. The fourth-order valence-electron chi connectivity index (χ4n) is 1.83. The van der Waals surface area contributed by atoms with Crippen molar-refractivity contribution < 1.29 is 9.53 Å². The molecule has 2 rings (SSSR count). The van der Waals surface area contributed by atoms with E-state index in [0.717, 1.165) is 14.9 Å². The van der Waals surface area contributed by atoms with Gasteiger partial charge in [-0.1, -0.05) is 36.4 Å². The first-order chi connectivity index (χ1) is 10.1. The first kappa shape index (κ1) is 16.0. The zero-order chi connectivity index (χ0) is 15.2. The molecule has 0 radical (unpaired) electrons. The zero-order valence-electron chi connectivity index (χ0n) is 11.5. The van der Waals surface area contributed by atoms with E-state index in [0.29, 0.717) is 6.61 Å². The smallest absolute Gasteiger partial charge is 0.245 e. The molecule has 0 saturated heterocycles. The van der Waals surface area contributed by atoms with E-state index in [4.69, 9.17) is 16.3 Å². The standard InChI is InChI=1S/C17H14ClIO2/c1-12-4-2-3-5-14(12)11-21-16-8-6-13(10-15(16)19)7-9-17(18)20/h2-10H,11H2,1H3/b9-7+. The molecule has 4 heteroatoms. The van der Waals surface area contributed by atoms with Crippen molar-refractivity contribution in [1.82, 2.24) is 0 Å². The second-order valence-electron chi connectivity index (χ2n) is 4.54. The number of carbonyl (C=O) groups is 1. The molecule has 0 amide bonds. The molecule has 21 heavy (non-hydrogen) atoms. The molecule has 108 valence electrons. The Bertz CT molecular complexity index is 680. The maximum Gasteiger partial charge on any atom is 0.245 e. The lowest BCUT2D eigenvalue weighted by molar-refractivity contribution is -0.107. The van der Waals surface area contributed by atoms with Crippen LogP contribution in [0.4, 0.5) is 0 Å². The Morgan fingerprint density at radius 2 is 2.05 bits per heavy atom. The van der Waals surface area contributed by atoms with Gasteiger partial charge in [0.15, 0.2) is 0 Å². The van der Waals surface area contributed by atoms with E-state index >= 15 is 0 Å². The van der Waals surface area contributed by atoms with Gasteiger partial charge in [0, 0.05) is 0 Å². The minimum atomic E-state index is -0.482. The number of allylic oxidation sites excluding steroid dienone is 1. The molecule has 0 heterocycles. The van der Waals surface area contributed by atoms with E-state index in [1.165, 1.54) is 17.2 Å². The second-order valence-corrected chi connectivity index (χ2v) is 6.08. The number of carbonyl (C=O) groups excluding carboxylic acids is 1. The van der Waals surface area contributed by atoms with Gasteiger partial charge < -0.3 is 4.74 Å². The van der Waals surface area contributed by atoms with Gasteiger partial charge in [0.1, 0.15) is 12.4 Å². The first-order valence-corrected chi connectivity index (χ1v) is 7.86. The Morgan fingerprint density at radius 1 is 1.29 bits per heavy atom. The number of halogens is 2. The minimum absolute atomic E-state index is 0.482. The minimum Gasteiger partial charge on any atom is -0.488 e. The summed E-state index contributed by atoms with van der Waals surface area (Å²) in [5, 5.41) is -0.482. The van der Waals surface area contributed by atoms with Gasteiger partial charge in [-0.2, -0.15) is 0 Å². The van der Waals surface area contributed by atoms with Gasteiger partial charge in [0.2, 0.25) is 5.24 Å². The molecule has 0 aliphatic rings. The molecule has 0 spiro atoms. The van der Waals surface area contributed by atoms with Gasteiger partial charge in [-0.15, -0.1) is 0 Å². The van der Waals surface area contributed by atoms with Crippen LogP contribution in [0.1, 0.15) is 16.7 Å². The van der Waals surface area contributed by atoms with Gasteiger partial charge in [0.05, 0.1) is 3.57 Å². The first-order valence-electron chi connectivity index (χ1n) is 6.40. The van der Waals surface area contributed by atoms with E-state index in [1.807, 2.05) is 30.3 Å². The molecule has 0 bridgehead atoms. The number of hydrogen-bond donors (Lipinski definition) is 0. The van der Waals surface area contributed by atoms with Crippen molar-refractivity contribution in [3.05, 3.63) is 68.8 Å². The van der Waals surface area contributed by atoms with Crippen molar-refractivity contribution in [3.8, 4) is 5.75 Å². The highest BCUT2D eigenvalue weighted by Crippen LogP contribution is 2.24. The fourth-order valence-corrected chi connectivity index (χ4v) is 2.59. The van der Waals surface area contributed by atoms with Gasteiger partial charge >= 0.3 is 0 Å². The maximum atomic E-state index is 10.7. The Labute approximate surface area is 142 Å². The number of aryl methyl sites for hydroxylation is 1. The van der Waals surface area contributed by atoms with Gasteiger partial charge in [-0.05, 0) is 76.0 Å². The topological polar surface area (TPSA) is 26.3 Å². The molecule has 0 aliphatic carbocycles. The molecule has 0 N–H and O–H groups in total. The van der Waals surface area contributed by atoms with Crippen molar-refractivity contribution in [2.24, 2.45) is 0 Å². The van der Waals surface area contributed by atoms with Crippen LogP contribution in [0.5, 0.6) is 5.75 Å². The van der Waals surface area contributed by atoms with E-state index in [-0.39, 0.29) is 0 Å². The van der Waals surface area contributed by atoms with Gasteiger partial charge in [-0.25, -0.2) is 0 Å². The van der Waals surface area contributed by atoms with E-state index in [1.54, 1.807) is 6.08 Å². The molecule has 2 aromatic rings. The lowest BCUT2D eigenvalue weighted by atomic mass is 10.1. The van der Waals surface area contributed by atoms with Crippen LogP contribution in [0.25, 0.3) is 6.08 Å². The molecule has 0 atom stereocenters. The summed E-state index contributed by atoms with van der Waals surface area (Å²) in [5.41, 5.74) is 3.30. The summed E-state index contributed by atoms with van der Waals surface area (Å²) < 4.78 is 6.85. The Morgan fingerprint density at radius 3 is 2.71 bits per heavy atom. The van der Waals surface area contributed by atoms with Crippen LogP contribution in [0.15, 0.2) is 48.5 Å². The largest absolute Gasteiger partial charge is 0.488 e. The lowest BCUT2D eigenvalue weighted by Gasteiger charge is -2.10. The van der Waals surface area contributed by atoms with Crippen molar-refractivity contribution in [1.29, 1.82) is 0 Å². The molecule has 0 aliphatic heterocycles. The third-order valence-corrected chi connectivity index (χ3v) is 3.98. The van der Waals surface area contributed by atoms with Crippen LogP contribution in [0.3, 0.4) is 0 Å². The lowest BCUT2D eigenvalue weighted by Crippen LogP contribution is -1.99. The predicted molar refractivity (Wildman–Crippen MR) is 94.6 cm³/mol. The Hall–Kier alpha value is -1.33. The summed E-state index contributed by atoms with van der Waals surface area (Å²) in [7, 11) is 0. The average Bonchev–Trinajstić information content (AvgIpc) is 2.45. The summed E-state index contributed by atoms with van der Waals surface area (Å²) >= 11 is 7.50. The number of ether oxygens (including phenoxy) is 1. The quantitative estimate of drug-likeness (QED) is 0.394. The van der Waals surface area contributed by atoms with Crippen LogP contribution in [-0.4, -0.2) is 5.24 Å². The SMILES string of the molecule is Cc1ccccc1COc1ccc(/C=C/C(=O)Cl)cc1I. The number of benzene rings is 2. The third kappa shape index (κ3) is 4.86. The van der Waals surface area contributed by atoms with Crippen molar-refractivity contribution in [3.63, 3.8) is 0 Å². The maximum absolute atomic E-state index is 10.7. The monoisotopic (exact) mass is 412 g/mol. The summed E-state index contributed by atoms with van der Waals surface area (Å²) in [5.74, 6) is 0.827. The van der Waals surface area contributed by atoms with Crippen molar-refractivity contribution in [2.75, 3.05) is 0 Å². The van der Waals surface area contributed by atoms with Gasteiger partial charge in [0.25, 0.3) is 0 Å². The molecule has 2 aromatic carbocycles. The second kappa shape index (κ2) is 7.61. The fraction of sp³-hybridized carbons (Fsp3) is 0.118. The summed E-state index contributed by atoms with van der Waals surface area (Å²) in [6.07, 6.45) is 3.02. The average molecular weight is 413 g/mol. The van der Waals surface area contributed by atoms with Crippen LogP contribution in [0, 0.1) is 10.5 Å². The summed E-state index contributed by atoms with van der Waals surface area (Å²) in [6, 6.07) is 13.9. The molecule has 0 unspecified atom stereocenters. The Kier molecular flexibility index (Phi) is 5.82. The van der Waals surface area contributed by atoms with Crippen molar-refractivity contribution in [2.45, 2.75) is 13.5 Å². The van der Waals surface area contributed by atoms with Gasteiger partial charge in [-0.3, -0.25) is 4.79 Å². The number of rotatable bonds is 5. The zero-order valence-corrected chi connectivity index (χ0v) is 14.4. The van der Waals surface area contributed by atoms with Crippen molar-refractivity contribution >= 4 is 45.5 Å². The van der Waals surface area contributed by atoms with Crippen LogP contribution in [-0.2, 0) is 11.4 Å². The predicted octanol–water partition coefficient (Wildman–Crippen LogP) is 4.96. The van der Waals surface area contributed by atoms with Crippen LogP contribution >= 0.6 is 34.2 Å². The molecule has 0 saturated carbocycles. The molecule has 2 nitrogen and oxygen atoms in total. The van der Waals surface area contributed by atoms with Crippen LogP contribution in [0.2, 0.25) is 0 Å². The third-order valence-electron chi connectivity index (χ3n) is 3.01. The van der Waals surface area contributed by atoms with Crippen LogP contribution < -0.4 is 4.74 Å². The van der Waals surface area contributed by atoms with E-state index < -0.39 is 5.24 Å². The number of hydrogen-bond acceptors (Lipinski definition) is 2. The Balaban J connectivity index is 2.08. The summed E-state index contributed by atoms with van der Waals surface area (Å²) in [6.45, 7) is 2.61.